The second kappa shape index (κ2) is 9.32. The number of hydrogen-bond donors (Lipinski definition) is 1. The Morgan fingerprint density at radius 1 is 1.00 bits per heavy atom. The average molecular weight is 352 g/mol. The smallest absolute Gasteiger partial charge is 0.303 e. The number of benzene rings is 2. The number of carboxylic acid groups (broad SMARTS) is 1. The molecule has 26 heavy (non-hydrogen) atoms. The van der Waals surface area contributed by atoms with Gasteiger partial charge in [-0.1, -0.05) is 72.8 Å². The summed E-state index contributed by atoms with van der Waals surface area (Å²) in [4.78, 5) is 10.6. The molecule has 1 saturated heterocycles. The van der Waals surface area contributed by atoms with Crippen molar-refractivity contribution >= 4 is 5.97 Å². The normalized spacial score (nSPS) is 23.2. The first-order valence-electron chi connectivity index (χ1n) is 8.98. The highest BCUT2D eigenvalue weighted by atomic mass is 16.7. The summed E-state index contributed by atoms with van der Waals surface area (Å²) in [7, 11) is 0. The molecule has 3 unspecified atom stereocenters. The Morgan fingerprint density at radius 2 is 1.65 bits per heavy atom. The Bertz CT molecular complexity index is 711. The summed E-state index contributed by atoms with van der Waals surface area (Å²) in [6.07, 6.45) is 5.05. The van der Waals surface area contributed by atoms with E-state index in [-0.39, 0.29) is 24.7 Å². The molecule has 0 saturated carbocycles. The van der Waals surface area contributed by atoms with Gasteiger partial charge in [0.25, 0.3) is 0 Å². The lowest BCUT2D eigenvalue weighted by atomic mass is 9.92. The minimum atomic E-state index is -0.771. The minimum absolute atomic E-state index is 0.0562. The molecule has 1 fully saturated rings. The lowest BCUT2D eigenvalue weighted by Crippen LogP contribution is -2.30. The molecule has 3 rings (SSSR count). The molecule has 136 valence electrons. The average Bonchev–Trinajstić information content (AvgIpc) is 2.69. The van der Waals surface area contributed by atoms with Gasteiger partial charge in [0.2, 0.25) is 0 Å². The fourth-order valence-corrected chi connectivity index (χ4v) is 3.15. The van der Waals surface area contributed by atoms with Gasteiger partial charge in [-0.2, -0.15) is 0 Å². The van der Waals surface area contributed by atoms with Gasteiger partial charge >= 0.3 is 5.97 Å². The van der Waals surface area contributed by atoms with Crippen molar-refractivity contribution in [3.8, 4) is 0 Å². The third-order valence-corrected chi connectivity index (χ3v) is 4.49. The van der Waals surface area contributed by atoms with Crippen molar-refractivity contribution in [3.05, 3.63) is 83.9 Å². The zero-order valence-electron chi connectivity index (χ0n) is 14.7. The lowest BCUT2D eigenvalue weighted by molar-refractivity contribution is -0.243. The van der Waals surface area contributed by atoms with Crippen molar-refractivity contribution in [2.24, 2.45) is 5.92 Å². The van der Waals surface area contributed by atoms with Crippen LogP contribution in [0.15, 0.2) is 72.8 Å². The van der Waals surface area contributed by atoms with E-state index < -0.39 is 5.97 Å². The Hall–Kier alpha value is -2.43. The summed E-state index contributed by atoms with van der Waals surface area (Å²) in [5.41, 5.74) is 2.16. The second-order valence-electron chi connectivity index (χ2n) is 6.44. The quantitative estimate of drug-likeness (QED) is 0.720. The van der Waals surface area contributed by atoms with Crippen LogP contribution < -0.4 is 0 Å². The topological polar surface area (TPSA) is 55.8 Å². The van der Waals surface area contributed by atoms with Gasteiger partial charge < -0.3 is 14.6 Å². The number of ether oxygens (including phenoxy) is 2. The van der Waals surface area contributed by atoms with E-state index in [9.17, 15) is 4.79 Å². The molecule has 0 spiro atoms. The van der Waals surface area contributed by atoms with Crippen molar-refractivity contribution in [1.82, 2.24) is 0 Å². The van der Waals surface area contributed by atoms with Crippen LogP contribution in [0, 0.1) is 5.92 Å². The van der Waals surface area contributed by atoms with Crippen LogP contribution in [-0.4, -0.2) is 17.7 Å². The molecule has 0 bridgehead atoms. The van der Waals surface area contributed by atoms with Gasteiger partial charge in [0.05, 0.1) is 12.7 Å². The number of aliphatic carboxylic acids is 1. The maximum atomic E-state index is 10.6. The summed E-state index contributed by atoms with van der Waals surface area (Å²) < 4.78 is 12.3. The van der Waals surface area contributed by atoms with E-state index in [1.54, 1.807) is 0 Å². The van der Waals surface area contributed by atoms with E-state index in [0.29, 0.717) is 13.0 Å². The standard InChI is InChI=1S/C22H24O4/c23-20(24)15-9-3-8-14-19-16-25-22(18-12-6-2-7-13-18)26-21(19)17-10-4-1-5-11-17/h1-8,10-13,19,21-22H,9,14-16H2,(H,23,24). The predicted molar refractivity (Wildman–Crippen MR) is 99.5 cm³/mol. The van der Waals surface area contributed by atoms with Gasteiger partial charge in [0, 0.05) is 17.9 Å². The van der Waals surface area contributed by atoms with Gasteiger partial charge in [0.1, 0.15) is 0 Å². The fraction of sp³-hybridized carbons (Fsp3) is 0.318. The van der Waals surface area contributed by atoms with Crippen LogP contribution >= 0.6 is 0 Å². The van der Waals surface area contributed by atoms with Crippen molar-refractivity contribution in [1.29, 1.82) is 0 Å². The zero-order chi connectivity index (χ0) is 18.2. The number of carboxylic acids is 1. The molecule has 1 heterocycles. The van der Waals surface area contributed by atoms with E-state index in [1.165, 1.54) is 0 Å². The summed E-state index contributed by atoms with van der Waals surface area (Å²) in [6.45, 7) is 0.600. The molecule has 1 aliphatic heterocycles. The summed E-state index contributed by atoms with van der Waals surface area (Å²) in [5, 5.41) is 8.72. The SMILES string of the molecule is O=C(O)CCC=CCC1COC(c2ccccc2)OC1c1ccccc1. The van der Waals surface area contributed by atoms with Crippen molar-refractivity contribution in [3.63, 3.8) is 0 Å². The molecule has 1 aliphatic rings. The van der Waals surface area contributed by atoms with Crippen molar-refractivity contribution in [2.75, 3.05) is 6.61 Å². The predicted octanol–water partition coefficient (Wildman–Crippen LogP) is 4.90. The van der Waals surface area contributed by atoms with Crippen LogP contribution in [0.2, 0.25) is 0 Å². The van der Waals surface area contributed by atoms with E-state index in [4.69, 9.17) is 14.6 Å². The molecule has 0 radical (unpaired) electrons. The highest BCUT2D eigenvalue weighted by Gasteiger charge is 2.33. The van der Waals surface area contributed by atoms with Gasteiger partial charge in [0.15, 0.2) is 6.29 Å². The number of hydrogen-bond acceptors (Lipinski definition) is 3. The molecule has 0 amide bonds. The van der Waals surface area contributed by atoms with Crippen LogP contribution in [0.3, 0.4) is 0 Å². The molecule has 0 aromatic heterocycles. The Morgan fingerprint density at radius 3 is 2.31 bits per heavy atom. The van der Waals surface area contributed by atoms with Gasteiger partial charge in [-0.05, 0) is 18.4 Å². The summed E-state index contributed by atoms with van der Waals surface area (Å²) in [5.74, 6) is -0.578. The molecular weight excluding hydrogens is 328 g/mol. The largest absolute Gasteiger partial charge is 0.481 e. The maximum absolute atomic E-state index is 10.6. The first kappa shape index (κ1) is 18.4. The van der Waals surface area contributed by atoms with Crippen molar-refractivity contribution < 1.29 is 19.4 Å². The Kier molecular flexibility index (Phi) is 6.58. The molecule has 4 nitrogen and oxygen atoms in total. The molecule has 3 atom stereocenters. The number of carbonyl (C=O) groups is 1. The third-order valence-electron chi connectivity index (χ3n) is 4.49. The number of allylic oxidation sites excluding steroid dienone is 2. The van der Waals surface area contributed by atoms with Crippen molar-refractivity contribution in [2.45, 2.75) is 31.7 Å². The van der Waals surface area contributed by atoms with Crippen LogP contribution in [0.5, 0.6) is 0 Å². The van der Waals surface area contributed by atoms with Gasteiger partial charge in [-0.25, -0.2) is 0 Å². The van der Waals surface area contributed by atoms with E-state index in [0.717, 1.165) is 17.5 Å². The summed E-state index contributed by atoms with van der Waals surface area (Å²) in [6, 6.07) is 20.2. The highest BCUT2D eigenvalue weighted by Crippen LogP contribution is 2.39. The second-order valence-corrected chi connectivity index (χ2v) is 6.44. The first-order valence-corrected chi connectivity index (χ1v) is 8.98. The third kappa shape index (κ3) is 5.04. The van der Waals surface area contributed by atoms with E-state index in [1.807, 2.05) is 60.7 Å². The molecular formula is C22H24O4. The van der Waals surface area contributed by atoms with Gasteiger partial charge in [-0.15, -0.1) is 0 Å². The van der Waals surface area contributed by atoms with Crippen LogP contribution in [-0.2, 0) is 14.3 Å². The maximum Gasteiger partial charge on any atom is 0.303 e. The zero-order valence-corrected chi connectivity index (χ0v) is 14.7. The Labute approximate surface area is 154 Å². The molecule has 2 aromatic carbocycles. The molecule has 4 heteroatoms. The highest BCUT2D eigenvalue weighted by molar-refractivity contribution is 5.66. The summed E-state index contributed by atoms with van der Waals surface area (Å²) >= 11 is 0. The van der Waals surface area contributed by atoms with E-state index in [2.05, 4.69) is 12.1 Å². The van der Waals surface area contributed by atoms with Crippen LogP contribution in [0.1, 0.15) is 42.8 Å². The minimum Gasteiger partial charge on any atom is -0.481 e. The molecule has 1 N–H and O–H groups in total. The van der Waals surface area contributed by atoms with Crippen LogP contribution in [0.4, 0.5) is 0 Å². The number of rotatable bonds is 7. The monoisotopic (exact) mass is 352 g/mol. The Balaban J connectivity index is 1.69. The van der Waals surface area contributed by atoms with Crippen LogP contribution in [0.25, 0.3) is 0 Å². The first-order chi connectivity index (χ1) is 12.7. The lowest BCUT2D eigenvalue weighted by Gasteiger charge is -2.36. The fourth-order valence-electron chi connectivity index (χ4n) is 3.15. The van der Waals surface area contributed by atoms with E-state index >= 15 is 0 Å². The molecule has 2 aromatic rings. The molecule has 0 aliphatic carbocycles. The van der Waals surface area contributed by atoms with Gasteiger partial charge in [-0.3, -0.25) is 4.79 Å².